The predicted molar refractivity (Wildman–Crippen MR) is 121 cm³/mol. The highest BCUT2D eigenvalue weighted by Crippen LogP contribution is 2.40. The lowest BCUT2D eigenvalue weighted by Crippen LogP contribution is -2.27. The molecule has 2 aromatic carbocycles. The SMILES string of the molecule is O=C1C(=Cc2ccc(-c3cc(C(F)(F)F)cc(C(F)(F)F)c3)o2)SC(=S)N1c1ccc(Cl)cc1. The first kappa shape index (κ1) is 24.4. The number of alkyl halides is 6. The monoisotopic (exact) mass is 533 g/mol. The second-order valence-electron chi connectivity index (χ2n) is 6.99. The molecule has 176 valence electrons. The highest BCUT2D eigenvalue weighted by molar-refractivity contribution is 8.27. The molecule has 12 heteroatoms. The number of rotatable bonds is 3. The molecular formula is C22H10ClF6NO2S2. The number of thiocarbonyl (C=S) groups is 1. The Labute approximate surface area is 203 Å². The molecule has 3 aromatic rings. The molecule has 1 aromatic heterocycles. The lowest BCUT2D eigenvalue weighted by Gasteiger charge is -2.14. The Kier molecular flexibility index (Phi) is 6.30. The summed E-state index contributed by atoms with van der Waals surface area (Å²) >= 11 is 12.1. The first-order chi connectivity index (χ1) is 15.8. The number of halogens is 7. The summed E-state index contributed by atoms with van der Waals surface area (Å²) in [7, 11) is 0. The van der Waals surface area contributed by atoms with E-state index in [1.54, 1.807) is 24.3 Å². The van der Waals surface area contributed by atoms with Gasteiger partial charge in [-0.15, -0.1) is 0 Å². The van der Waals surface area contributed by atoms with Crippen molar-refractivity contribution in [3.8, 4) is 11.3 Å². The van der Waals surface area contributed by atoms with Crippen LogP contribution < -0.4 is 4.90 Å². The van der Waals surface area contributed by atoms with Gasteiger partial charge in [-0.3, -0.25) is 9.69 Å². The second-order valence-corrected chi connectivity index (χ2v) is 9.10. The Bertz CT molecular complexity index is 1280. The van der Waals surface area contributed by atoms with Gasteiger partial charge < -0.3 is 4.42 Å². The summed E-state index contributed by atoms with van der Waals surface area (Å²) < 4.78 is 84.5. The highest BCUT2D eigenvalue weighted by Gasteiger charge is 2.37. The molecule has 0 spiro atoms. The van der Waals surface area contributed by atoms with E-state index in [-0.39, 0.29) is 26.8 Å². The minimum absolute atomic E-state index is 0.0372. The normalized spacial score (nSPS) is 16.1. The molecule has 34 heavy (non-hydrogen) atoms. The Morgan fingerprint density at radius 1 is 0.912 bits per heavy atom. The van der Waals surface area contributed by atoms with Crippen molar-refractivity contribution in [3.63, 3.8) is 0 Å². The third kappa shape index (κ3) is 5.01. The van der Waals surface area contributed by atoms with Crippen molar-refractivity contribution >= 4 is 57.6 Å². The van der Waals surface area contributed by atoms with Gasteiger partial charge in [-0.1, -0.05) is 35.6 Å². The number of hydrogen-bond acceptors (Lipinski definition) is 4. The van der Waals surface area contributed by atoms with Gasteiger partial charge >= 0.3 is 12.4 Å². The van der Waals surface area contributed by atoms with Crippen molar-refractivity contribution in [1.29, 1.82) is 0 Å². The molecule has 0 atom stereocenters. The van der Waals surface area contributed by atoms with Crippen LogP contribution in [0.15, 0.2) is 63.9 Å². The maximum Gasteiger partial charge on any atom is 0.416 e. The second kappa shape index (κ2) is 8.79. The van der Waals surface area contributed by atoms with Gasteiger partial charge in [-0.25, -0.2) is 0 Å². The number of thioether (sulfide) groups is 1. The molecular weight excluding hydrogens is 524 g/mol. The van der Waals surface area contributed by atoms with E-state index in [0.717, 1.165) is 11.8 Å². The lowest BCUT2D eigenvalue weighted by atomic mass is 10.0. The van der Waals surface area contributed by atoms with Crippen molar-refractivity contribution < 1.29 is 35.6 Å². The average molecular weight is 534 g/mol. The molecule has 0 saturated carbocycles. The van der Waals surface area contributed by atoms with Gasteiger partial charge in [0.1, 0.15) is 11.5 Å². The van der Waals surface area contributed by atoms with E-state index in [4.69, 9.17) is 28.2 Å². The van der Waals surface area contributed by atoms with Crippen molar-refractivity contribution in [1.82, 2.24) is 0 Å². The van der Waals surface area contributed by atoms with E-state index >= 15 is 0 Å². The highest BCUT2D eigenvalue weighted by atomic mass is 35.5. The quantitative estimate of drug-likeness (QED) is 0.194. The molecule has 0 unspecified atom stereocenters. The fourth-order valence-electron chi connectivity index (χ4n) is 3.09. The minimum Gasteiger partial charge on any atom is -0.457 e. The summed E-state index contributed by atoms with van der Waals surface area (Å²) in [6, 6.07) is 10.1. The van der Waals surface area contributed by atoms with E-state index < -0.39 is 35.0 Å². The fraction of sp³-hybridized carbons (Fsp3) is 0.0909. The fourth-order valence-corrected chi connectivity index (χ4v) is 4.50. The summed E-state index contributed by atoms with van der Waals surface area (Å²) in [5.74, 6) is -0.637. The van der Waals surface area contributed by atoms with Crippen LogP contribution >= 0.6 is 35.6 Å². The molecule has 2 heterocycles. The smallest absolute Gasteiger partial charge is 0.416 e. The van der Waals surface area contributed by atoms with E-state index in [0.29, 0.717) is 22.8 Å². The minimum atomic E-state index is -4.98. The molecule has 1 aliphatic rings. The Balaban J connectivity index is 1.66. The van der Waals surface area contributed by atoms with Crippen LogP contribution in [0.5, 0.6) is 0 Å². The average Bonchev–Trinajstić information content (AvgIpc) is 3.32. The maximum absolute atomic E-state index is 13.1. The van der Waals surface area contributed by atoms with Gasteiger partial charge in [0.15, 0.2) is 4.32 Å². The Morgan fingerprint density at radius 3 is 2.06 bits per heavy atom. The van der Waals surface area contributed by atoms with Gasteiger partial charge in [-0.05, 0) is 54.6 Å². The zero-order valence-corrected chi connectivity index (χ0v) is 18.9. The third-order valence-corrected chi connectivity index (χ3v) is 6.20. The van der Waals surface area contributed by atoms with Crippen LogP contribution in [-0.4, -0.2) is 10.2 Å². The molecule has 3 nitrogen and oxygen atoms in total. The Hall–Kier alpha value is -2.76. The first-order valence-electron chi connectivity index (χ1n) is 9.26. The lowest BCUT2D eigenvalue weighted by molar-refractivity contribution is -0.143. The topological polar surface area (TPSA) is 33.5 Å². The number of amides is 1. The van der Waals surface area contributed by atoms with Gasteiger partial charge in [0.25, 0.3) is 5.91 Å². The van der Waals surface area contributed by atoms with Crippen LogP contribution in [0.4, 0.5) is 32.0 Å². The summed E-state index contributed by atoms with van der Waals surface area (Å²) in [5, 5.41) is 0.469. The summed E-state index contributed by atoms with van der Waals surface area (Å²) in [6.07, 6.45) is -8.65. The number of hydrogen-bond donors (Lipinski definition) is 0. The van der Waals surface area contributed by atoms with Crippen LogP contribution in [0.1, 0.15) is 16.9 Å². The molecule has 0 bridgehead atoms. The van der Waals surface area contributed by atoms with Crippen LogP contribution in [0.25, 0.3) is 17.4 Å². The summed E-state index contributed by atoms with van der Waals surface area (Å²) in [6.45, 7) is 0. The number of carbonyl (C=O) groups excluding carboxylic acids is 1. The number of carbonyl (C=O) groups is 1. The van der Waals surface area contributed by atoms with Crippen LogP contribution in [0.2, 0.25) is 5.02 Å². The van der Waals surface area contributed by atoms with E-state index in [1.165, 1.54) is 23.1 Å². The molecule has 4 rings (SSSR count). The number of benzene rings is 2. The molecule has 1 aliphatic heterocycles. The van der Waals surface area contributed by atoms with E-state index in [2.05, 4.69) is 0 Å². The molecule has 0 radical (unpaired) electrons. The predicted octanol–water partition coefficient (Wildman–Crippen LogP) is 8.04. The molecule has 1 saturated heterocycles. The molecule has 1 fully saturated rings. The standard InChI is InChI=1S/C22H10ClF6NO2S2/c23-14-1-3-15(4-2-14)30-19(31)18(34-20(30)33)10-16-5-6-17(32-16)11-7-12(21(24,25)26)9-13(8-11)22(27,28)29/h1-10H. The van der Waals surface area contributed by atoms with Crippen LogP contribution in [0.3, 0.4) is 0 Å². The summed E-state index contributed by atoms with van der Waals surface area (Å²) in [5.41, 5.74) is -2.84. The maximum atomic E-state index is 13.1. The van der Waals surface area contributed by atoms with Crippen LogP contribution in [0, 0.1) is 0 Å². The number of furan rings is 1. The van der Waals surface area contributed by atoms with Gasteiger partial charge in [0.05, 0.1) is 21.7 Å². The third-order valence-electron chi connectivity index (χ3n) is 4.65. The summed E-state index contributed by atoms with van der Waals surface area (Å²) in [4.78, 5) is 14.3. The van der Waals surface area contributed by atoms with Gasteiger partial charge in [0, 0.05) is 16.7 Å². The molecule has 0 N–H and O–H groups in total. The number of anilines is 1. The molecule has 1 amide bonds. The van der Waals surface area contributed by atoms with Crippen LogP contribution in [-0.2, 0) is 17.1 Å². The van der Waals surface area contributed by atoms with Gasteiger partial charge in [-0.2, -0.15) is 26.3 Å². The Morgan fingerprint density at radius 2 is 1.50 bits per heavy atom. The van der Waals surface area contributed by atoms with Crippen molar-refractivity contribution in [2.75, 3.05) is 4.90 Å². The zero-order chi connectivity index (χ0) is 24.8. The van der Waals surface area contributed by atoms with E-state index in [9.17, 15) is 31.1 Å². The van der Waals surface area contributed by atoms with Crippen molar-refractivity contribution in [2.45, 2.75) is 12.4 Å². The zero-order valence-electron chi connectivity index (χ0n) is 16.5. The first-order valence-corrected chi connectivity index (χ1v) is 10.9. The number of nitrogens with zero attached hydrogens (tertiary/aromatic N) is 1. The van der Waals surface area contributed by atoms with Crippen molar-refractivity contribution in [3.05, 3.63) is 81.4 Å². The van der Waals surface area contributed by atoms with E-state index in [1.807, 2.05) is 0 Å². The largest absolute Gasteiger partial charge is 0.457 e. The molecule has 0 aliphatic carbocycles. The van der Waals surface area contributed by atoms with Crippen molar-refractivity contribution in [2.24, 2.45) is 0 Å². The van der Waals surface area contributed by atoms with Gasteiger partial charge in [0.2, 0.25) is 0 Å².